The number of hydrogen-bond acceptors (Lipinski definition) is 4. The number of hydrogen-bond donors (Lipinski definition) is 0. The molecule has 1 heterocycles. The standard InChI is InChI=1S/C14H17NO4/c1-17-11-4-5-13(19-3)10(6-11)8-15-9-12(18-2)7-14(15)16/h4-7H,8-9H2,1-3H3. The maximum absolute atomic E-state index is 11.8. The minimum atomic E-state index is -0.0540. The summed E-state index contributed by atoms with van der Waals surface area (Å²) in [5.41, 5.74) is 0.904. The van der Waals surface area contributed by atoms with Crippen molar-refractivity contribution in [2.75, 3.05) is 27.9 Å². The maximum atomic E-state index is 11.8. The highest BCUT2D eigenvalue weighted by Crippen LogP contribution is 2.26. The van der Waals surface area contributed by atoms with Crippen molar-refractivity contribution in [3.05, 3.63) is 35.6 Å². The van der Waals surface area contributed by atoms with Crippen LogP contribution in [0.4, 0.5) is 0 Å². The summed E-state index contributed by atoms with van der Waals surface area (Å²) in [7, 11) is 4.78. The van der Waals surface area contributed by atoms with Crippen LogP contribution >= 0.6 is 0 Å². The van der Waals surface area contributed by atoms with E-state index in [9.17, 15) is 4.79 Å². The van der Waals surface area contributed by atoms with Gasteiger partial charge < -0.3 is 19.1 Å². The third-order valence-corrected chi connectivity index (χ3v) is 3.05. The first kappa shape index (κ1) is 13.3. The molecule has 0 atom stereocenters. The molecule has 0 bridgehead atoms. The lowest BCUT2D eigenvalue weighted by Crippen LogP contribution is -2.25. The Bertz CT molecular complexity index is 510. The zero-order valence-electron chi connectivity index (χ0n) is 11.3. The summed E-state index contributed by atoms with van der Waals surface area (Å²) < 4.78 is 15.6. The molecular formula is C14H17NO4. The maximum Gasteiger partial charge on any atom is 0.250 e. The molecule has 102 valence electrons. The van der Waals surface area contributed by atoms with Gasteiger partial charge in [-0.05, 0) is 18.2 Å². The van der Waals surface area contributed by atoms with Crippen molar-refractivity contribution in [1.29, 1.82) is 0 Å². The molecule has 1 aromatic rings. The van der Waals surface area contributed by atoms with Gasteiger partial charge in [0.1, 0.15) is 17.3 Å². The third-order valence-electron chi connectivity index (χ3n) is 3.05. The van der Waals surface area contributed by atoms with Gasteiger partial charge in [0, 0.05) is 11.6 Å². The first-order chi connectivity index (χ1) is 9.17. The van der Waals surface area contributed by atoms with Gasteiger partial charge in [0.05, 0.1) is 34.4 Å². The third kappa shape index (κ3) is 2.81. The van der Waals surface area contributed by atoms with E-state index in [-0.39, 0.29) is 5.91 Å². The van der Waals surface area contributed by atoms with Crippen LogP contribution in [0.3, 0.4) is 0 Å². The van der Waals surface area contributed by atoms with Gasteiger partial charge in [0.2, 0.25) is 0 Å². The van der Waals surface area contributed by atoms with Crippen molar-refractivity contribution in [3.8, 4) is 11.5 Å². The van der Waals surface area contributed by atoms with Crippen LogP contribution in [0.1, 0.15) is 5.56 Å². The largest absolute Gasteiger partial charge is 0.499 e. The Labute approximate surface area is 112 Å². The van der Waals surface area contributed by atoms with E-state index in [1.807, 2.05) is 18.2 Å². The summed E-state index contributed by atoms with van der Waals surface area (Å²) in [5, 5.41) is 0. The Balaban J connectivity index is 2.17. The van der Waals surface area contributed by atoms with Crippen LogP contribution < -0.4 is 9.47 Å². The average molecular weight is 263 g/mol. The minimum Gasteiger partial charge on any atom is -0.499 e. The Morgan fingerprint density at radius 2 is 1.95 bits per heavy atom. The minimum absolute atomic E-state index is 0.0540. The normalized spacial score (nSPS) is 14.4. The number of methoxy groups -OCH3 is 3. The summed E-state index contributed by atoms with van der Waals surface area (Å²) in [6, 6.07) is 5.53. The SMILES string of the molecule is COC1=CC(=O)N(Cc2cc(OC)ccc2OC)C1. The molecule has 0 spiro atoms. The lowest BCUT2D eigenvalue weighted by molar-refractivity contribution is -0.125. The van der Waals surface area contributed by atoms with Crippen molar-refractivity contribution in [2.24, 2.45) is 0 Å². The second-order valence-electron chi connectivity index (χ2n) is 4.19. The molecule has 0 saturated heterocycles. The molecular weight excluding hydrogens is 246 g/mol. The first-order valence-corrected chi connectivity index (χ1v) is 5.92. The molecule has 1 aliphatic rings. The quantitative estimate of drug-likeness (QED) is 0.809. The predicted octanol–water partition coefficient (Wildman–Crippen LogP) is 1.58. The lowest BCUT2D eigenvalue weighted by atomic mass is 10.1. The van der Waals surface area contributed by atoms with Crippen molar-refractivity contribution < 1.29 is 19.0 Å². The summed E-state index contributed by atoms with van der Waals surface area (Å²) in [6.07, 6.45) is 1.51. The van der Waals surface area contributed by atoms with Crippen LogP contribution in [0.5, 0.6) is 11.5 Å². The van der Waals surface area contributed by atoms with Crippen molar-refractivity contribution in [3.63, 3.8) is 0 Å². The molecule has 0 unspecified atom stereocenters. The van der Waals surface area contributed by atoms with Crippen LogP contribution in [-0.2, 0) is 16.1 Å². The number of carbonyl (C=O) groups is 1. The predicted molar refractivity (Wildman–Crippen MR) is 70.1 cm³/mol. The smallest absolute Gasteiger partial charge is 0.250 e. The summed E-state index contributed by atoms with van der Waals surface area (Å²) in [5.74, 6) is 2.09. The van der Waals surface area contributed by atoms with E-state index in [4.69, 9.17) is 14.2 Å². The molecule has 0 aromatic heterocycles. The fraction of sp³-hybridized carbons (Fsp3) is 0.357. The van der Waals surface area contributed by atoms with E-state index < -0.39 is 0 Å². The van der Waals surface area contributed by atoms with Gasteiger partial charge in [-0.2, -0.15) is 0 Å². The van der Waals surface area contributed by atoms with E-state index in [1.54, 1.807) is 26.2 Å². The highest BCUT2D eigenvalue weighted by atomic mass is 16.5. The summed E-state index contributed by atoms with van der Waals surface area (Å²) in [6.45, 7) is 0.943. The van der Waals surface area contributed by atoms with Gasteiger partial charge in [-0.15, -0.1) is 0 Å². The molecule has 0 radical (unpaired) electrons. The van der Waals surface area contributed by atoms with Gasteiger partial charge >= 0.3 is 0 Å². The molecule has 0 saturated carbocycles. The van der Waals surface area contributed by atoms with E-state index in [0.717, 1.165) is 17.1 Å². The van der Waals surface area contributed by atoms with E-state index in [2.05, 4.69) is 0 Å². The Kier molecular flexibility index (Phi) is 3.94. The lowest BCUT2D eigenvalue weighted by Gasteiger charge is -2.18. The molecule has 2 rings (SSSR count). The average Bonchev–Trinajstić information content (AvgIpc) is 2.79. The molecule has 5 heteroatoms. The number of amides is 1. The van der Waals surface area contributed by atoms with Gasteiger partial charge in [-0.1, -0.05) is 0 Å². The molecule has 19 heavy (non-hydrogen) atoms. The van der Waals surface area contributed by atoms with Crippen molar-refractivity contribution in [1.82, 2.24) is 4.90 Å². The summed E-state index contributed by atoms with van der Waals surface area (Å²) >= 11 is 0. The van der Waals surface area contributed by atoms with Crippen LogP contribution in [-0.4, -0.2) is 38.7 Å². The van der Waals surface area contributed by atoms with Crippen molar-refractivity contribution >= 4 is 5.91 Å². The zero-order chi connectivity index (χ0) is 13.8. The van der Waals surface area contributed by atoms with E-state index in [0.29, 0.717) is 18.8 Å². The molecule has 0 fully saturated rings. The molecule has 5 nitrogen and oxygen atoms in total. The van der Waals surface area contributed by atoms with E-state index in [1.165, 1.54) is 6.08 Å². The second-order valence-corrected chi connectivity index (χ2v) is 4.19. The summed E-state index contributed by atoms with van der Waals surface area (Å²) in [4.78, 5) is 13.5. The first-order valence-electron chi connectivity index (χ1n) is 5.92. The second kappa shape index (κ2) is 5.65. The fourth-order valence-electron chi connectivity index (χ4n) is 2.01. The van der Waals surface area contributed by atoms with Crippen LogP contribution in [0.25, 0.3) is 0 Å². The molecule has 1 aliphatic heterocycles. The van der Waals surface area contributed by atoms with Crippen LogP contribution in [0.2, 0.25) is 0 Å². The Hall–Kier alpha value is -2.17. The molecule has 0 N–H and O–H groups in total. The zero-order valence-corrected chi connectivity index (χ0v) is 11.3. The molecule has 1 amide bonds. The highest BCUT2D eigenvalue weighted by molar-refractivity contribution is 5.90. The Morgan fingerprint density at radius 1 is 1.16 bits per heavy atom. The van der Waals surface area contributed by atoms with E-state index >= 15 is 0 Å². The van der Waals surface area contributed by atoms with Crippen LogP contribution in [0.15, 0.2) is 30.0 Å². The van der Waals surface area contributed by atoms with Crippen molar-refractivity contribution in [2.45, 2.75) is 6.54 Å². The molecule has 1 aromatic carbocycles. The number of carbonyl (C=O) groups excluding carboxylic acids is 1. The van der Waals surface area contributed by atoms with Crippen LogP contribution in [0, 0.1) is 0 Å². The van der Waals surface area contributed by atoms with Gasteiger partial charge in [-0.3, -0.25) is 4.79 Å². The number of rotatable bonds is 5. The number of ether oxygens (including phenoxy) is 3. The van der Waals surface area contributed by atoms with Gasteiger partial charge in [0.15, 0.2) is 0 Å². The molecule has 0 aliphatic carbocycles. The fourth-order valence-corrected chi connectivity index (χ4v) is 2.01. The van der Waals surface area contributed by atoms with Gasteiger partial charge in [0.25, 0.3) is 5.91 Å². The topological polar surface area (TPSA) is 48.0 Å². The highest BCUT2D eigenvalue weighted by Gasteiger charge is 2.23. The number of benzene rings is 1. The monoisotopic (exact) mass is 263 g/mol. The number of nitrogens with zero attached hydrogens (tertiary/aromatic N) is 1. The van der Waals surface area contributed by atoms with Gasteiger partial charge in [-0.25, -0.2) is 0 Å². The Morgan fingerprint density at radius 3 is 2.53 bits per heavy atom.